The molecular formula is C17H20N2O5S. The Balaban J connectivity index is 2.44. The van der Waals surface area contributed by atoms with Crippen molar-refractivity contribution < 1.29 is 18.1 Å². The average Bonchev–Trinajstić information content (AvgIpc) is 2.53. The number of benzene rings is 2. The highest BCUT2D eigenvalue weighted by Gasteiger charge is 2.27. The third kappa shape index (κ3) is 4.08. The summed E-state index contributed by atoms with van der Waals surface area (Å²) in [5.74, 6) is 0.761. The van der Waals surface area contributed by atoms with Gasteiger partial charge in [-0.15, -0.1) is 0 Å². The van der Waals surface area contributed by atoms with Crippen LogP contribution in [-0.4, -0.2) is 33.8 Å². The summed E-state index contributed by atoms with van der Waals surface area (Å²) in [4.78, 5) is 12.2. The van der Waals surface area contributed by atoms with E-state index >= 15 is 0 Å². The Morgan fingerprint density at radius 2 is 1.92 bits per heavy atom. The van der Waals surface area contributed by atoms with Crippen LogP contribution in [0, 0.1) is 17.0 Å². The van der Waals surface area contributed by atoms with Crippen molar-refractivity contribution >= 4 is 21.2 Å². The van der Waals surface area contributed by atoms with Crippen molar-refractivity contribution in [2.75, 3.05) is 25.3 Å². The zero-order chi connectivity index (χ0) is 18.8. The van der Waals surface area contributed by atoms with Crippen LogP contribution in [0.4, 0.5) is 11.4 Å². The second kappa shape index (κ2) is 7.10. The Labute approximate surface area is 146 Å². The van der Waals surface area contributed by atoms with E-state index in [1.54, 1.807) is 25.1 Å². The zero-order valence-electron chi connectivity index (χ0n) is 14.5. The Bertz CT molecular complexity index is 909. The fourth-order valence-electron chi connectivity index (χ4n) is 2.70. The van der Waals surface area contributed by atoms with Crippen molar-refractivity contribution in [1.29, 1.82) is 0 Å². The molecule has 0 aliphatic rings. The highest BCUT2D eigenvalue weighted by molar-refractivity contribution is 7.90. The molecule has 0 bridgehead atoms. The smallest absolute Gasteiger partial charge is 0.311 e. The largest absolute Gasteiger partial charge is 0.496 e. The lowest BCUT2D eigenvalue weighted by molar-refractivity contribution is -0.387. The van der Waals surface area contributed by atoms with Gasteiger partial charge in [-0.2, -0.15) is 0 Å². The lowest BCUT2D eigenvalue weighted by atomic mass is 10.1. The number of methoxy groups -OCH3 is 1. The molecule has 7 nitrogen and oxygen atoms in total. The number of aryl methyl sites for hydroxylation is 1. The van der Waals surface area contributed by atoms with Gasteiger partial charge in [-0.3, -0.25) is 10.1 Å². The summed E-state index contributed by atoms with van der Waals surface area (Å²) in [6.45, 7) is 2.30. The molecule has 0 N–H and O–H groups in total. The number of hydrogen-bond donors (Lipinski definition) is 0. The minimum Gasteiger partial charge on any atom is -0.496 e. The molecule has 0 aliphatic carbocycles. The zero-order valence-corrected chi connectivity index (χ0v) is 15.3. The van der Waals surface area contributed by atoms with Crippen LogP contribution in [0.25, 0.3) is 0 Å². The van der Waals surface area contributed by atoms with E-state index in [0.29, 0.717) is 6.54 Å². The second-order valence-corrected chi connectivity index (χ2v) is 7.80. The molecule has 0 amide bonds. The minimum atomic E-state index is -3.71. The van der Waals surface area contributed by atoms with Gasteiger partial charge >= 0.3 is 5.69 Å². The van der Waals surface area contributed by atoms with Crippen LogP contribution in [0.1, 0.15) is 11.1 Å². The third-order valence-electron chi connectivity index (χ3n) is 3.85. The van der Waals surface area contributed by atoms with Crippen LogP contribution < -0.4 is 9.64 Å². The molecule has 0 spiro atoms. The molecule has 0 heterocycles. The predicted octanol–water partition coefficient (Wildman–Crippen LogP) is 2.95. The molecule has 8 heteroatoms. The second-order valence-electron chi connectivity index (χ2n) is 5.81. The first-order chi connectivity index (χ1) is 11.6. The van der Waals surface area contributed by atoms with Crippen LogP contribution in [0.3, 0.4) is 0 Å². The van der Waals surface area contributed by atoms with Crippen LogP contribution in [-0.2, 0) is 16.4 Å². The van der Waals surface area contributed by atoms with Gasteiger partial charge in [0.15, 0.2) is 9.84 Å². The van der Waals surface area contributed by atoms with Gasteiger partial charge in [0.25, 0.3) is 0 Å². The van der Waals surface area contributed by atoms with E-state index in [2.05, 4.69) is 0 Å². The van der Waals surface area contributed by atoms with Gasteiger partial charge in [-0.1, -0.05) is 18.2 Å². The number of ether oxygens (including phenoxy) is 1. The molecule has 25 heavy (non-hydrogen) atoms. The van der Waals surface area contributed by atoms with E-state index in [4.69, 9.17) is 4.74 Å². The average molecular weight is 364 g/mol. The Kier molecular flexibility index (Phi) is 5.32. The van der Waals surface area contributed by atoms with Gasteiger partial charge in [-0.05, 0) is 36.2 Å². The van der Waals surface area contributed by atoms with E-state index < -0.39 is 20.4 Å². The van der Waals surface area contributed by atoms with Gasteiger partial charge < -0.3 is 9.64 Å². The summed E-state index contributed by atoms with van der Waals surface area (Å²) in [7, 11) is -0.428. The molecule has 0 fully saturated rings. The summed E-state index contributed by atoms with van der Waals surface area (Å²) >= 11 is 0. The van der Waals surface area contributed by atoms with Crippen LogP contribution in [0.5, 0.6) is 5.75 Å². The molecule has 0 aromatic heterocycles. The van der Waals surface area contributed by atoms with Crippen molar-refractivity contribution in [2.45, 2.75) is 18.4 Å². The fourth-order valence-corrected chi connectivity index (χ4v) is 3.56. The first-order valence-electron chi connectivity index (χ1n) is 7.47. The number of hydrogen-bond acceptors (Lipinski definition) is 6. The molecule has 0 unspecified atom stereocenters. The molecule has 0 saturated carbocycles. The molecule has 0 saturated heterocycles. The molecule has 0 radical (unpaired) electrons. The standard InChI is InChI=1S/C17H20N2O5S/c1-12-10-13(8-9-15(12)24-3)11-18(2)14-6-5-7-16(25(4,22)23)17(14)19(20)21/h5-10H,11H2,1-4H3. The molecule has 2 aromatic carbocycles. The highest BCUT2D eigenvalue weighted by atomic mass is 32.2. The van der Waals surface area contributed by atoms with E-state index in [9.17, 15) is 18.5 Å². The maximum absolute atomic E-state index is 11.9. The van der Waals surface area contributed by atoms with E-state index in [0.717, 1.165) is 23.1 Å². The number of anilines is 1. The molecule has 2 rings (SSSR count). The van der Waals surface area contributed by atoms with Crippen LogP contribution >= 0.6 is 0 Å². The quantitative estimate of drug-likeness (QED) is 0.578. The SMILES string of the molecule is COc1ccc(CN(C)c2cccc(S(C)(=O)=O)c2[N+](=O)[O-])cc1C. The van der Waals surface area contributed by atoms with Gasteiger partial charge in [-0.25, -0.2) is 8.42 Å². The van der Waals surface area contributed by atoms with E-state index in [1.807, 2.05) is 25.1 Å². The number of para-hydroxylation sites is 1. The van der Waals surface area contributed by atoms with Crippen LogP contribution in [0.15, 0.2) is 41.3 Å². The first kappa shape index (κ1) is 18.7. The predicted molar refractivity (Wildman–Crippen MR) is 96.0 cm³/mol. The normalized spacial score (nSPS) is 11.2. The summed E-state index contributed by atoms with van der Waals surface area (Å²) in [5, 5.41) is 11.5. The highest BCUT2D eigenvalue weighted by Crippen LogP contribution is 2.34. The lowest BCUT2D eigenvalue weighted by Crippen LogP contribution is -2.19. The van der Waals surface area contributed by atoms with Crippen molar-refractivity contribution in [3.63, 3.8) is 0 Å². The summed E-state index contributed by atoms with van der Waals surface area (Å²) in [6, 6.07) is 9.94. The Morgan fingerprint density at radius 1 is 1.24 bits per heavy atom. The monoisotopic (exact) mass is 364 g/mol. The van der Waals surface area contributed by atoms with E-state index in [-0.39, 0.29) is 10.6 Å². The lowest BCUT2D eigenvalue weighted by Gasteiger charge is -2.20. The summed E-state index contributed by atoms with van der Waals surface area (Å²) in [6.07, 6.45) is 0.964. The van der Waals surface area contributed by atoms with Crippen molar-refractivity contribution in [3.8, 4) is 5.75 Å². The van der Waals surface area contributed by atoms with Gasteiger partial charge in [0.2, 0.25) is 0 Å². The number of nitro benzene ring substituents is 1. The number of rotatable bonds is 6. The minimum absolute atomic E-state index is 0.251. The van der Waals surface area contributed by atoms with Gasteiger partial charge in [0.1, 0.15) is 16.3 Å². The van der Waals surface area contributed by atoms with Crippen molar-refractivity contribution in [1.82, 2.24) is 0 Å². The van der Waals surface area contributed by atoms with Gasteiger partial charge in [0, 0.05) is 19.8 Å². The number of nitrogens with zero attached hydrogens (tertiary/aromatic N) is 2. The molecule has 134 valence electrons. The first-order valence-corrected chi connectivity index (χ1v) is 9.36. The fraction of sp³-hybridized carbons (Fsp3) is 0.294. The maximum atomic E-state index is 11.9. The molecule has 0 aliphatic heterocycles. The summed E-state index contributed by atoms with van der Waals surface area (Å²) in [5.41, 5.74) is 1.73. The van der Waals surface area contributed by atoms with Crippen molar-refractivity contribution in [2.24, 2.45) is 0 Å². The van der Waals surface area contributed by atoms with Crippen molar-refractivity contribution in [3.05, 3.63) is 57.6 Å². The van der Waals surface area contributed by atoms with Crippen LogP contribution in [0.2, 0.25) is 0 Å². The topological polar surface area (TPSA) is 89.8 Å². The van der Waals surface area contributed by atoms with E-state index in [1.165, 1.54) is 12.1 Å². The Morgan fingerprint density at radius 3 is 2.44 bits per heavy atom. The van der Waals surface area contributed by atoms with Gasteiger partial charge in [0.05, 0.1) is 12.0 Å². The number of nitro groups is 1. The molecular weight excluding hydrogens is 344 g/mol. The Hall–Kier alpha value is -2.61. The number of sulfone groups is 1. The summed E-state index contributed by atoms with van der Waals surface area (Å²) < 4.78 is 29.0. The molecule has 0 atom stereocenters. The molecule has 2 aromatic rings. The third-order valence-corrected chi connectivity index (χ3v) is 4.98. The maximum Gasteiger partial charge on any atom is 0.311 e.